The Morgan fingerprint density at radius 2 is 1.90 bits per heavy atom. The molecule has 31 heavy (non-hydrogen) atoms. The zero-order valence-corrected chi connectivity index (χ0v) is 19.9. The molecule has 0 radical (unpaired) electrons. The van der Waals surface area contributed by atoms with Crippen LogP contribution in [0, 0.1) is 0 Å². The minimum Gasteiger partial charge on any atom is -0.494 e. The van der Waals surface area contributed by atoms with Gasteiger partial charge in [-0.05, 0) is 94.5 Å². The van der Waals surface area contributed by atoms with Crippen LogP contribution in [0.5, 0.6) is 5.75 Å². The number of rotatable bonds is 9. The normalized spacial score (nSPS) is 29.6. The van der Waals surface area contributed by atoms with E-state index in [1.807, 2.05) is 25.1 Å². The second-order valence-corrected chi connectivity index (χ2v) is 11.5. The van der Waals surface area contributed by atoms with Crippen LogP contribution < -0.4 is 14.8 Å². The summed E-state index contributed by atoms with van der Waals surface area (Å²) in [5.41, 5.74) is 1.20. The quantitative estimate of drug-likeness (QED) is 0.570. The summed E-state index contributed by atoms with van der Waals surface area (Å²) in [5, 5.41) is 4.04. The molecule has 0 aromatic heterocycles. The maximum Gasteiger partial charge on any atom is 0.214 e. The maximum atomic E-state index is 12.4. The van der Waals surface area contributed by atoms with Crippen molar-refractivity contribution in [3.05, 3.63) is 28.8 Å². The standard InChI is InChI=1S/C23H35ClN2O4S/c1-2-29-23-12-7-17(24)14-20(23)16-5-8-18(9-6-16)30-15-22-21(4-3-13-25-22)26-31(27,28)19-10-11-19/h7,12,14,16,18-19,21-22,25-26H,2-6,8-11,13,15H2,1H3/t16-,18+,21-,22-/m0/s1. The highest BCUT2D eigenvalue weighted by Crippen LogP contribution is 2.39. The molecule has 2 N–H and O–H groups in total. The Morgan fingerprint density at radius 1 is 1.13 bits per heavy atom. The topological polar surface area (TPSA) is 76.7 Å². The Bertz CT molecular complexity index is 838. The van der Waals surface area contributed by atoms with Crippen molar-refractivity contribution in [1.82, 2.24) is 10.0 Å². The number of sulfonamides is 1. The zero-order chi connectivity index (χ0) is 21.8. The molecule has 174 valence electrons. The summed E-state index contributed by atoms with van der Waals surface area (Å²) in [7, 11) is -3.18. The summed E-state index contributed by atoms with van der Waals surface area (Å²) in [6.07, 6.45) is 7.73. The summed E-state index contributed by atoms with van der Waals surface area (Å²) in [6.45, 7) is 4.11. The first-order valence-corrected chi connectivity index (χ1v) is 13.7. The van der Waals surface area contributed by atoms with Gasteiger partial charge < -0.3 is 14.8 Å². The Hall–Kier alpha value is -0.860. The summed E-state index contributed by atoms with van der Waals surface area (Å²) >= 11 is 6.25. The van der Waals surface area contributed by atoms with Crippen molar-refractivity contribution >= 4 is 21.6 Å². The number of piperidine rings is 1. The molecule has 2 atom stereocenters. The monoisotopic (exact) mass is 470 g/mol. The molecule has 1 aromatic carbocycles. The van der Waals surface area contributed by atoms with Crippen LogP contribution in [0.2, 0.25) is 5.02 Å². The van der Waals surface area contributed by atoms with Gasteiger partial charge in [0.25, 0.3) is 0 Å². The number of nitrogens with one attached hydrogen (secondary N) is 2. The lowest BCUT2D eigenvalue weighted by molar-refractivity contribution is 0.00509. The van der Waals surface area contributed by atoms with Gasteiger partial charge in [0.2, 0.25) is 10.0 Å². The molecule has 1 saturated heterocycles. The minimum absolute atomic E-state index is 0.0393. The molecule has 8 heteroatoms. The van der Waals surface area contributed by atoms with E-state index in [2.05, 4.69) is 10.0 Å². The van der Waals surface area contributed by atoms with Crippen molar-refractivity contribution in [2.24, 2.45) is 0 Å². The van der Waals surface area contributed by atoms with Crippen LogP contribution in [0.4, 0.5) is 0 Å². The fourth-order valence-electron chi connectivity index (χ4n) is 4.86. The van der Waals surface area contributed by atoms with E-state index in [-0.39, 0.29) is 23.4 Å². The molecule has 2 aliphatic carbocycles. The van der Waals surface area contributed by atoms with Gasteiger partial charge in [-0.3, -0.25) is 0 Å². The third kappa shape index (κ3) is 6.14. The first-order valence-electron chi connectivity index (χ1n) is 11.7. The van der Waals surface area contributed by atoms with Gasteiger partial charge in [-0.1, -0.05) is 11.6 Å². The minimum atomic E-state index is -3.18. The highest BCUT2D eigenvalue weighted by Gasteiger charge is 2.39. The molecule has 1 heterocycles. The van der Waals surface area contributed by atoms with E-state index in [1.54, 1.807) is 0 Å². The molecular weight excluding hydrogens is 436 g/mol. The van der Waals surface area contributed by atoms with Gasteiger partial charge in [-0.15, -0.1) is 0 Å². The van der Waals surface area contributed by atoms with Crippen molar-refractivity contribution in [3.8, 4) is 5.75 Å². The number of hydrogen-bond acceptors (Lipinski definition) is 5. The molecule has 0 amide bonds. The van der Waals surface area contributed by atoms with Crippen LogP contribution in [-0.4, -0.2) is 51.6 Å². The number of ether oxygens (including phenoxy) is 2. The first kappa shape index (κ1) is 23.3. The predicted molar refractivity (Wildman–Crippen MR) is 123 cm³/mol. The molecule has 6 nitrogen and oxygen atoms in total. The van der Waals surface area contributed by atoms with Crippen LogP contribution in [0.25, 0.3) is 0 Å². The zero-order valence-electron chi connectivity index (χ0n) is 18.3. The lowest BCUT2D eigenvalue weighted by atomic mass is 9.82. The predicted octanol–water partition coefficient (Wildman–Crippen LogP) is 3.98. The molecule has 0 bridgehead atoms. The number of benzene rings is 1. The van der Waals surface area contributed by atoms with E-state index >= 15 is 0 Å². The van der Waals surface area contributed by atoms with E-state index in [4.69, 9.17) is 21.1 Å². The van der Waals surface area contributed by atoms with E-state index < -0.39 is 10.0 Å². The second kappa shape index (κ2) is 10.4. The molecule has 2 saturated carbocycles. The molecular formula is C23H35ClN2O4S. The van der Waals surface area contributed by atoms with Gasteiger partial charge in [0, 0.05) is 17.1 Å². The molecule has 0 spiro atoms. The van der Waals surface area contributed by atoms with Crippen molar-refractivity contribution < 1.29 is 17.9 Å². The van der Waals surface area contributed by atoms with Gasteiger partial charge in [-0.2, -0.15) is 0 Å². The Kier molecular flexibility index (Phi) is 7.81. The second-order valence-electron chi connectivity index (χ2n) is 9.09. The van der Waals surface area contributed by atoms with Crippen molar-refractivity contribution in [2.45, 2.75) is 87.6 Å². The largest absolute Gasteiger partial charge is 0.494 e. The highest BCUT2D eigenvalue weighted by molar-refractivity contribution is 7.90. The molecule has 0 unspecified atom stereocenters. The van der Waals surface area contributed by atoms with E-state index in [9.17, 15) is 8.42 Å². The fourth-order valence-corrected chi connectivity index (χ4v) is 6.69. The highest BCUT2D eigenvalue weighted by atomic mass is 35.5. The van der Waals surface area contributed by atoms with Crippen molar-refractivity contribution in [3.63, 3.8) is 0 Å². The van der Waals surface area contributed by atoms with Gasteiger partial charge in [0.1, 0.15) is 5.75 Å². The molecule has 1 aromatic rings. The van der Waals surface area contributed by atoms with Gasteiger partial charge in [-0.25, -0.2) is 13.1 Å². The molecule has 3 aliphatic rings. The summed E-state index contributed by atoms with van der Waals surface area (Å²) < 4.78 is 39.8. The van der Waals surface area contributed by atoms with E-state index in [0.29, 0.717) is 19.1 Å². The summed E-state index contributed by atoms with van der Waals surface area (Å²) in [6, 6.07) is 5.87. The first-order chi connectivity index (χ1) is 15.0. The van der Waals surface area contributed by atoms with Crippen molar-refractivity contribution in [1.29, 1.82) is 0 Å². The third-order valence-corrected chi connectivity index (χ3v) is 8.98. The number of hydrogen-bond donors (Lipinski definition) is 2. The van der Waals surface area contributed by atoms with Crippen LogP contribution in [-0.2, 0) is 14.8 Å². The lowest BCUT2D eigenvalue weighted by Crippen LogP contribution is -2.56. The Balaban J connectivity index is 1.28. The number of halogens is 1. The smallest absolute Gasteiger partial charge is 0.214 e. The third-order valence-electron chi connectivity index (χ3n) is 6.76. The average Bonchev–Trinajstić information content (AvgIpc) is 3.61. The van der Waals surface area contributed by atoms with Crippen LogP contribution in [0.15, 0.2) is 18.2 Å². The average molecular weight is 471 g/mol. The lowest BCUT2D eigenvalue weighted by Gasteiger charge is -2.35. The maximum absolute atomic E-state index is 12.4. The van der Waals surface area contributed by atoms with Crippen LogP contribution in [0.1, 0.15) is 69.8 Å². The van der Waals surface area contributed by atoms with Gasteiger partial charge >= 0.3 is 0 Å². The molecule has 3 fully saturated rings. The Morgan fingerprint density at radius 3 is 2.61 bits per heavy atom. The molecule has 4 rings (SSSR count). The summed E-state index contributed by atoms with van der Waals surface area (Å²) in [5.74, 6) is 1.37. The van der Waals surface area contributed by atoms with Crippen molar-refractivity contribution in [2.75, 3.05) is 19.8 Å². The van der Waals surface area contributed by atoms with Gasteiger partial charge in [0.15, 0.2) is 0 Å². The van der Waals surface area contributed by atoms with Gasteiger partial charge in [0.05, 0.1) is 24.6 Å². The molecule has 1 aliphatic heterocycles. The van der Waals surface area contributed by atoms with E-state index in [1.165, 1.54) is 5.56 Å². The van der Waals surface area contributed by atoms with Crippen LogP contribution in [0.3, 0.4) is 0 Å². The Labute approximate surface area is 191 Å². The fraction of sp³-hybridized carbons (Fsp3) is 0.739. The summed E-state index contributed by atoms with van der Waals surface area (Å²) in [4.78, 5) is 0. The van der Waals surface area contributed by atoms with Crippen LogP contribution >= 0.6 is 11.6 Å². The van der Waals surface area contributed by atoms with E-state index in [0.717, 1.165) is 68.7 Å². The SMILES string of the molecule is CCOc1ccc(Cl)cc1[C@H]1CC[C@@H](OC[C@@H]2NCCC[C@@H]2NS(=O)(=O)C2CC2)CC1.